The summed E-state index contributed by atoms with van der Waals surface area (Å²) in [5.74, 6) is -0.466. The Morgan fingerprint density at radius 1 is 1.20 bits per heavy atom. The molecule has 0 bridgehead atoms. The minimum atomic E-state index is -3.64. The van der Waals surface area contributed by atoms with Gasteiger partial charge in [0.2, 0.25) is 0 Å². The van der Waals surface area contributed by atoms with Crippen LogP contribution in [-0.2, 0) is 21.0 Å². The number of fused-ring (bicyclic) bond motifs is 3. The monoisotopic (exact) mass is 493 g/mol. The second kappa shape index (κ2) is 6.48. The maximum absolute atomic E-state index is 13.5. The molecule has 2 aromatic carbocycles. The highest BCUT2D eigenvalue weighted by Crippen LogP contribution is 2.68. The number of sulfone groups is 1. The molecule has 3 atom stereocenters. The van der Waals surface area contributed by atoms with Crippen LogP contribution in [0.5, 0.6) is 0 Å². The first kappa shape index (κ1) is 19.1. The lowest BCUT2D eigenvalue weighted by atomic mass is 9.91. The Hall–Kier alpha value is -0.700. The van der Waals surface area contributed by atoms with Crippen molar-refractivity contribution in [2.24, 2.45) is 17.6 Å². The molecule has 4 rings (SSSR count). The van der Waals surface area contributed by atoms with Gasteiger partial charge in [0.15, 0.2) is 9.84 Å². The zero-order valence-corrected chi connectivity index (χ0v) is 17.1. The van der Waals surface area contributed by atoms with Crippen LogP contribution in [0.25, 0.3) is 0 Å². The SMILES string of the molecule is Cl.NCC1C2CCc3cc(I)ccc3C12S(=O)(=O)c1ccc(F)cc1. The third-order valence-electron chi connectivity index (χ3n) is 5.51. The lowest BCUT2D eigenvalue weighted by Gasteiger charge is -2.26. The van der Waals surface area contributed by atoms with E-state index >= 15 is 0 Å². The zero-order chi connectivity index (χ0) is 17.1. The Kier molecular flexibility index (Phi) is 4.94. The van der Waals surface area contributed by atoms with Crippen LogP contribution in [0.3, 0.4) is 0 Å². The van der Waals surface area contributed by atoms with E-state index in [1.807, 2.05) is 12.1 Å². The van der Waals surface area contributed by atoms with E-state index in [4.69, 9.17) is 5.73 Å². The van der Waals surface area contributed by atoms with E-state index in [9.17, 15) is 12.8 Å². The van der Waals surface area contributed by atoms with Gasteiger partial charge in [-0.15, -0.1) is 12.4 Å². The van der Waals surface area contributed by atoms with Gasteiger partial charge in [0.25, 0.3) is 0 Å². The molecule has 3 unspecified atom stereocenters. The number of benzene rings is 2. The van der Waals surface area contributed by atoms with E-state index in [0.29, 0.717) is 6.54 Å². The van der Waals surface area contributed by atoms with E-state index in [1.54, 1.807) is 0 Å². The highest BCUT2D eigenvalue weighted by atomic mass is 127. The van der Waals surface area contributed by atoms with Crippen LogP contribution in [0.15, 0.2) is 47.4 Å². The van der Waals surface area contributed by atoms with Crippen molar-refractivity contribution >= 4 is 44.8 Å². The Labute approximate surface area is 166 Å². The fourth-order valence-corrected chi connectivity index (χ4v) is 7.68. The van der Waals surface area contributed by atoms with E-state index in [2.05, 4.69) is 28.7 Å². The first-order valence-electron chi connectivity index (χ1n) is 7.92. The molecule has 0 heterocycles. The van der Waals surface area contributed by atoms with Crippen molar-refractivity contribution in [3.63, 3.8) is 0 Å². The lowest BCUT2D eigenvalue weighted by molar-refractivity contribution is 0.553. The molecule has 134 valence electrons. The predicted molar refractivity (Wildman–Crippen MR) is 106 cm³/mol. The van der Waals surface area contributed by atoms with Crippen LogP contribution in [0.2, 0.25) is 0 Å². The zero-order valence-electron chi connectivity index (χ0n) is 13.3. The van der Waals surface area contributed by atoms with Gasteiger partial charge in [-0.05, 0) is 95.4 Å². The quantitative estimate of drug-likeness (QED) is 0.524. The number of halogens is 3. The van der Waals surface area contributed by atoms with E-state index in [1.165, 1.54) is 24.3 Å². The first-order valence-corrected chi connectivity index (χ1v) is 10.5. The molecule has 25 heavy (non-hydrogen) atoms. The number of nitrogens with two attached hydrogens (primary N) is 1. The number of hydrogen-bond donors (Lipinski definition) is 1. The van der Waals surface area contributed by atoms with Crippen molar-refractivity contribution in [2.75, 3.05) is 6.54 Å². The molecule has 0 radical (unpaired) electrons. The topological polar surface area (TPSA) is 60.2 Å². The average Bonchev–Trinajstić information content (AvgIpc) is 3.25. The molecule has 2 aromatic rings. The number of rotatable bonds is 3. The predicted octanol–water partition coefficient (Wildman–Crippen LogP) is 3.67. The maximum Gasteiger partial charge on any atom is 0.188 e. The van der Waals surface area contributed by atoms with Gasteiger partial charge in [-0.1, -0.05) is 6.07 Å². The molecule has 0 aromatic heterocycles. The molecule has 0 spiro atoms. The smallest absolute Gasteiger partial charge is 0.188 e. The summed E-state index contributed by atoms with van der Waals surface area (Å²) < 4.78 is 40.4. The van der Waals surface area contributed by atoms with Crippen molar-refractivity contribution in [2.45, 2.75) is 22.5 Å². The van der Waals surface area contributed by atoms with Crippen LogP contribution in [0.4, 0.5) is 4.39 Å². The molecular weight excluding hydrogens is 476 g/mol. The summed E-state index contributed by atoms with van der Waals surface area (Å²) in [5, 5.41) is 0. The summed E-state index contributed by atoms with van der Waals surface area (Å²) in [6, 6.07) is 11.1. The Bertz CT molecular complexity index is 913. The van der Waals surface area contributed by atoms with Crippen molar-refractivity contribution in [1.82, 2.24) is 0 Å². The van der Waals surface area contributed by atoms with Gasteiger partial charge in [-0.3, -0.25) is 0 Å². The first-order chi connectivity index (χ1) is 11.4. The standard InChI is InChI=1S/C18H17FINO2S.ClH/c19-12-2-5-14(6-3-12)24(22,23)18-15-8-4-13(20)9-11(15)1-7-16(18)17(18)10-21;/h2-6,8-9,16-17H,1,7,10,21H2;1H. The minimum Gasteiger partial charge on any atom is -0.330 e. The summed E-state index contributed by atoms with van der Waals surface area (Å²) in [7, 11) is -3.64. The Morgan fingerprint density at radius 2 is 1.88 bits per heavy atom. The van der Waals surface area contributed by atoms with Gasteiger partial charge in [0.1, 0.15) is 10.6 Å². The molecule has 0 amide bonds. The number of aryl methyl sites for hydroxylation is 1. The van der Waals surface area contributed by atoms with Crippen LogP contribution >= 0.6 is 35.0 Å². The van der Waals surface area contributed by atoms with Crippen molar-refractivity contribution in [1.29, 1.82) is 0 Å². The van der Waals surface area contributed by atoms with Crippen LogP contribution in [0, 0.1) is 21.2 Å². The molecule has 7 heteroatoms. The highest BCUT2D eigenvalue weighted by molar-refractivity contribution is 14.1. The maximum atomic E-state index is 13.5. The van der Waals surface area contributed by atoms with Gasteiger partial charge in [0, 0.05) is 9.49 Å². The molecule has 0 saturated heterocycles. The van der Waals surface area contributed by atoms with Crippen LogP contribution < -0.4 is 5.73 Å². The Morgan fingerprint density at radius 3 is 2.52 bits per heavy atom. The summed E-state index contributed by atoms with van der Waals surface area (Å²) in [5.41, 5.74) is 7.92. The second-order valence-electron chi connectivity index (χ2n) is 6.54. The van der Waals surface area contributed by atoms with E-state index in [0.717, 1.165) is 27.5 Å². The minimum absolute atomic E-state index is 0. The van der Waals surface area contributed by atoms with Gasteiger partial charge in [-0.2, -0.15) is 0 Å². The van der Waals surface area contributed by atoms with Crippen molar-refractivity contribution in [3.05, 3.63) is 63.0 Å². The molecule has 1 saturated carbocycles. The van der Waals surface area contributed by atoms with Crippen molar-refractivity contribution in [3.8, 4) is 0 Å². The molecule has 2 aliphatic rings. The fourth-order valence-electron chi connectivity index (χ4n) is 4.48. The van der Waals surface area contributed by atoms with E-state index in [-0.39, 0.29) is 29.1 Å². The Balaban J connectivity index is 0.00000182. The lowest BCUT2D eigenvalue weighted by Crippen LogP contribution is -2.30. The fraction of sp³-hybridized carbons (Fsp3) is 0.333. The molecule has 2 N–H and O–H groups in total. The summed E-state index contributed by atoms with van der Waals surface area (Å²) >= 11 is 2.25. The van der Waals surface area contributed by atoms with Gasteiger partial charge >= 0.3 is 0 Å². The third kappa shape index (κ3) is 2.56. The van der Waals surface area contributed by atoms with Crippen LogP contribution in [0.1, 0.15) is 17.5 Å². The molecule has 2 aliphatic carbocycles. The number of hydrogen-bond acceptors (Lipinski definition) is 3. The summed E-state index contributed by atoms with van der Waals surface area (Å²) in [6.45, 7) is 0.344. The highest BCUT2D eigenvalue weighted by Gasteiger charge is 2.73. The summed E-state index contributed by atoms with van der Waals surface area (Å²) in [6.07, 6.45) is 1.71. The average molecular weight is 494 g/mol. The van der Waals surface area contributed by atoms with Gasteiger partial charge in [-0.25, -0.2) is 12.8 Å². The summed E-state index contributed by atoms with van der Waals surface area (Å²) in [4.78, 5) is 0.177. The largest absolute Gasteiger partial charge is 0.330 e. The van der Waals surface area contributed by atoms with Crippen molar-refractivity contribution < 1.29 is 12.8 Å². The third-order valence-corrected chi connectivity index (χ3v) is 8.79. The van der Waals surface area contributed by atoms with Gasteiger partial charge < -0.3 is 5.73 Å². The molecular formula is C18H18ClFINO2S. The molecule has 3 nitrogen and oxygen atoms in total. The van der Waals surface area contributed by atoms with Crippen LogP contribution in [-0.4, -0.2) is 15.0 Å². The van der Waals surface area contributed by atoms with Gasteiger partial charge in [0.05, 0.1) is 4.90 Å². The molecule has 1 fully saturated rings. The normalized spacial score (nSPS) is 27.0. The molecule has 0 aliphatic heterocycles. The second-order valence-corrected chi connectivity index (χ2v) is 9.94. The van der Waals surface area contributed by atoms with E-state index < -0.39 is 20.4 Å².